The summed E-state index contributed by atoms with van der Waals surface area (Å²) in [6, 6.07) is 3.13. The van der Waals surface area contributed by atoms with Crippen LogP contribution in [0.25, 0.3) is 9.88 Å². The van der Waals surface area contributed by atoms with Gasteiger partial charge in [0.25, 0.3) is 0 Å². The maximum atomic E-state index is 10.4. The van der Waals surface area contributed by atoms with E-state index in [0.717, 1.165) is 16.2 Å². The second kappa shape index (κ2) is 3.56. The van der Waals surface area contributed by atoms with Gasteiger partial charge in [-0.15, -0.1) is 0 Å². The summed E-state index contributed by atoms with van der Waals surface area (Å²) in [6.45, 7) is 0. The van der Waals surface area contributed by atoms with Crippen molar-refractivity contribution in [1.29, 1.82) is 0 Å². The third kappa shape index (κ3) is 1.72. The van der Waals surface area contributed by atoms with Crippen molar-refractivity contribution in [3.8, 4) is 9.88 Å². The Morgan fingerprint density at radius 1 is 1.50 bits per heavy atom. The molecule has 0 radical (unpaired) electrons. The lowest BCUT2D eigenvalue weighted by Gasteiger charge is -1.83. The molecule has 2 rings (SSSR count). The van der Waals surface area contributed by atoms with Crippen LogP contribution >= 0.6 is 34.9 Å². The molecule has 0 aliphatic heterocycles. The Balaban J connectivity index is 2.43. The van der Waals surface area contributed by atoms with Gasteiger partial charge >= 0.3 is 5.00 Å². The van der Waals surface area contributed by atoms with Gasteiger partial charge < -0.3 is 0 Å². The molecular weight excluding hydrogens is 242 g/mol. The molecule has 5 nitrogen and oxygen atoms in total. The fourth-order valence-corrected chi connectivity index (χ4v) is 2.64. The number of aromatic amines is 1. The fraction of sp³-hybridized carbons (Fsp3) is 0. The van der Waals surface area contributed by atoms with Crippen LogP contribution in [0.5, 0.6) is 0 Å². The highest BCUT2D eigenvalue weighted by molar-refractivity contribution is 7.73. The Morgan fingerprint density at radius 2 is 2.29 bits per heavy atom. The summed E-state index contributed by atoms with van der Waals surface area (Å²) in [5.41, 5.74) is 0. The Morgan fingerprint density at radius 3 is 2.79 bits per heavy atom. The highest BCUT2D eigenvalue weighted by atomic mass is 32.1. The molecule has 0 atom stereocenters. The van der Waals surface area contributed by atoms with Gasteiger partial charge in [-0.3, -0.25) is 15.2 Å². The summed E-state index contributed by atoms with van der Waals surface area (Å²) in [4.78, 5) is 10.8. The molecule has 0 saturated heterocycles. The van der Waals surface area contributed by atoms with Crippen LogP contribution in [0, 0.1) is 14.1 Å². The first-order valence-electron chi connectivity index (χ1n) is 3.47. The van der Waals surface area contributed by atoms with Crippen molar-refractivity contribution in [3.05, 3.63) is 26.2 Å². The maximum Gasteiger partial charge on any atom is 0.324 e. The predicted molar refractivity (Wildman–Crippen MR) is 57.3 cm³/mol. The second-order valence-electron chi connectivity index (χ2n) is 2.31. The number of thiophene rings is 1. The van der Waals surface area contributed by atoms with Crippen LogP contribution in [0.15, 0.2) is 12.1 Å². The molecule has 72 valence electrons. The lowest BCUT2D eigenvalue weighted by Crippen LogP contribution is -1.80. The molecule has 0 fully saturated rings. The number of nitro groups is 1. The van der Waals surface area contributed by atoms with Crippen molar-refractivity contribution in [2.24, 2.45) is 0 Å². The second-order valence-corrected chi connectivity index (χ2v) is 5.04. The molecule has 2 aromatic rings. The first-order valence-corrected chi connectivity index (χ1v) is 5.51. The van der Waals surface area contributed by atoms with Gasteiger partial charge in [-0.05, 0) is 18.3 Å². The van der Waals surface area contributed by atoms with Crippen molar-refractivity contribution in [3.63, 3.8) is 0 Å². The number of rotatable bonds is 2. The fourth-order valence-electron chi connectivity index (χ4n) is 0.876. The summed E-state index contributed by atoms with van der Waals surface area (Å²) < 4.78 is 0.566. The standard InChI is InChI=1S/C6H3N3O2S3/c10-9(11)4-2-1-3(13-4)5-7-8-6(12)14-5/h1-2H,(H,8,12). The van der Waals surface area contributed by atoms with Crippen molar-refractivity contribution in [1.82, 2.24) is 10.2 Å². The van der Waals surface area contributed by atoms with E-state index in [-0.39, 0.29) is 5.00 Å². The van der Waals surface area contributed by atoms with E-state index in [0.29, 0.717) is 8.96 Å². The summed E-state index contributed by atoms with van der Waals surface area (Å²) in [6.07, 6.45) is 0. The van der Waals surface area contributed by atoms with Crippen LogP contribution in [-0.2, 0) is 0 Å². The third-order valence-corrected chi connectivity index (χ3v) is 3.72. The number of hydrogen-bond acceptors (Lipinski definition) is 6. The zero-order valence-electron chi connectivity index (χ0n) is 6.59. The minimum absolute atomic E-state index is 0.112. The van der Waals surface area contributed by atoms with Crippen LogP contribution in [0.4, 0.5) is 5.00 Å². The number of nitrogens with zero attached hydrogens (tertiary/aromatic N) is 2. The molecular formula is C6H3N3O2S3. The molecule has 0 amide bonds. The Kier molecular flexibility index (Phi) is 2.40. The summed E-state index contributed by atoms with van der Waals surface area (Å²) in [5, 5.41) is 17.8. The molecule has 1 N–H and O–H groups in total. The van der Waals surface area contributed by atoms with Crippen molar-refractivity contribution >= 4 is 39.9 Å². The van der Waals surface area contributed by atoms with Gasteiger partial charge in [0.05, 0.1) is 9.80 Å². The molecule has 0 aliphatic rings. The minimum Gasteiger partial charge on any atom is -0.258 e. The third-order valence-electron chi connectivity index (χ3n) is 1.42. The van der Waals surface area contributed by atoms with Gasteiger partial charge in [-0.25, -0.2) is 0 Å². The Labute approximate surface area is 91.2 Å². The van der Waals surface area contributed by atoms with Gasteiger partial charge in [0.2, 0.25) is 0 Å². The van der Waals surface area contributed by atoms with E-state index in [1.807, 2.05) is 0 Å². The zero-order valence-corrected chi connectivity index (χ0v) is 9.04. The first kappa shape index (κ1) is 9.44. The normalized spacial score (nSPS) is 10.3. The molecule has 0 bridgehead atoms. The van der Waals surface area contributed by atoms with Crippen LogP contribution in [-0.4, -0.2) is 15.1 Å². The summed E-state index contributed by atoms with van der Waals surface area (Å²) in [7, 11) is 0. The highest BCUT2D eigenvalue weighted by Crippen LogP contribution is 2.33. The molecule has 0 unspecified atom stereocenters. The van der Waals surface area contributed by atoms with E-state index in [2.05, 4.69) is 10.2 Å². The lowest BCUT2D eigenvalue weighted by atomic mass is 10.5. The average molecular weight is 245 g/mol. The molecule has 0 spiro atoms. The van der Waals surface area contributed by atoms with Gasteiger partial charge in [0.15, 0.2) is 8.96 Å². The van der Waals surface area contributed by atoms with Crippen LogP contribution in [0.1, 0.15) is 0 Å². The van der Waals surface area contributed by atoms with Crippen LogP contribution < -0.4 is 0 Å². The van der Waals surface area contributed by atoms with Gasteiger partial charge in [0, 0.05) is 6.07 Å². The van der Waals surface area contributed by atoms with E-state index in [1.165, 1.54) is 17.4 Å². The smallest absolute Gasteiger partial charge is 0.258 e. The molecule has 2 aromatic heterocycles. The van der Waals surface area contributed by atoms with E-state index >= 15 is 0 Å². The minimum atomic E-state index is -0.417. The quantitative estimate of drug-likeness (QED) is 0.501. The molecule has 0 aromatic carbocycles. The number of hydrogen-bond donors (Lipinski definition) is 1. The van der Waals surface area contributed by atoms with E-state index in [4.69, 9.17) is 12.2 Å². The number of aromatic nitrogens is 2. The Hall–Kier alpha value is -1.12. The first-order chi connectivity index (χ1) is 6.66. The highest BCUT2D eigenvalue weighted by Gasteiger charge is 2.12. The van der Waals surface area contributed by atoms with Crippen LogP contribution in [0.3, 0.4) is 0 Å². The average Bonchev–Trinajstić information content (AvgIpc) is 2.70. The van der Waals surface area contributed by atoms with Crippen molar-refractivity contribution in [2.75, 3.05) is 0 Å². The number of nitrogens with one attached hydrogen (secondary N) is 1. The largest absolute Gasteiger partial charge is 0.324 e. The molecule has 8 heteroatoms. The van der Waals surface area contributed by atoms with Gasteiger partial charge in [0.1, 0.15) is 0 Å². The predicted octanol–water partition coefficient (Wildman–Crippen LogP) is 2.84. The topological polar surface area (TPSA) is 71.8 Å². The summed E-state index contributed by atoms with van der Waals surface area (Å²) >= 11 is 7.25. The SMILES string of the molecule is O=[N+]([O-])c1ccc(-c2n[nH]c(=S)s2)s1. The van der Waals surface area contributed by atoms with Crippen molar-refractivity contribution < 1.29 is 4.92 Å². The van der Waals surface area contributed by atoms with Crippen LogP contribution in [0.2, 0.25) is 0 Å². The lowest BCUT2D eigenvalue weighted by molar-refractivity contribution is -0.380. The summed E-state index contributed by atoms with van der Waals surface area (Å²) in [5.74, 6) is 0. The van der Waals surface area contributed by atoms with Gasteiger partial charge in [-0.2, -0.15) is 5.10 Å². The van der Waals surface area contributed by atoms with E-state index in [1.54, 1.807) is 6.07 Å². The molecule has 14 heavy (non-hydrogen) atoms. The molecule has 2 heterocycles. The Bertz CT molecular complexity index is 526. The van der Waals surface area contributed by atoms with E-state index < -0.39 is 4.92 Å². The molecule has 0 aliphatic carbocycles. The maximum absolute atomic E-state index is 10.4. The van der Waals surface area contributed by atoms with E-state index in [9.17, 15) is 10.1 Å². The monoisotopic (exact) mass is 245 g/mol. The zero-order chi connectivity index (χ0) is 10.1. The van der Waals surface area contributed by atoms with Gasteiger partial charge in [-0.1, -0.05) is 22.7 Å². The number of H-pyrrole nitrogens is 1. The molecule has 0 saturated carbocycles. The van der Waals surface area contributed by atoms with Crippen molar-refractivity contribution in [2.45, 2.75) is 0 Å².